The third-order valence-corrected chi connectivity index (χ3v) is 4.42. The van der Waals surface area contributed by atoms with Gasteiger partial charge in [0.25, 0.3) is 0 Å². The van der Waals surface area contributed by atoms with Gasteiger partial charge in [0, 0.05) is 28.1 Å². The molecule has 2 heterocycles. The molecule has 1 N–H and O–H groups in total. The van der Waals surface area contributed by atoms with E-state index in [1.165, 1.54) is 0 Å². The van der Waals surface area contributed by atoms with Crippen LogP contribution in [0.5, 0.6) is 0 Å². The Labute approximate surface area is 119 Å². The summed E-state index contributed by atoms with van der Waals surface area (Å²) in [7, 11) is 0. The lowest BCUT2D eigenvalue weighted by molar-refractivity contribution is 0.631. The number of hydrogen-bond acceptors (Lipinski definition) is 3. The molecular weight excluding hydrogens is 277 g/mol. The van der Waals surface area contributed by atoms with Crippen molar-refractivity contribution in [3.8, 4) is 10.4 Å². The van der Waals surface area contributed by atoms with Crippen molar-refractivity contribution < 1.29 is 4.39 Å². The number of anilines is 1. The van der Waals surface area contributed by atoms with Crippen LogP contribution in [-0.2, 0) is 6.54 Å². The van der Waals surface area contributed by atoms with E-state index in [1.807, 2.05) is 41.1 Å². The number of halogens is 1. The lowest BCUT2D eigenvalue weighted by Crippen LogP contribution is -1.98. The standard InChI is InChI=1S/C15H12FNS2/c16-14-4-3-11(9-17-12-5-7-18-10-12)8-13(14)15-2-1-6-19-15/h1-8,10,17H,9H2. The van der Waals surface area contributed by atoms with Crippen molar-refractivity contribution in [1.29, 1.82) is 0 Å². The molecule has 0 aliphatic rings. The molecule has 0 unspecified atom stereocenters. The summed E-state index contributed by atoms with van der Waals surface area (Å²) in [5.41, 5.74) is 2.86. The number of hydrogen-bond donors (Lipinski definition) is 1. The zero-order valence-corrected chi connectivity index (χ0v) is 11.7. The second-order valence-electron chi connectivity index (χ2n) is 4.16. The molecule has 0 atom stereocenters. The van der Waals surface area contributed by atoms with E-state index in [0.717, 1.165) is 16.1 Å². The molecule has 1 nitrogen and oxygen atoms in total. The molecule has 19 heavy (non-hydrogen) atoms. The van der Waals surface area contributed by atoms with Crippen LogP contribution in [0.2, 0.25) is 0 Å². The SMILES string of the molecule is Fc1ccc(CNc2ccsc2)cc1-c1cccs1. The first-order chi connectivity index (χ1) is 9.33. The molecular formula is C15H12FNS2. The van der Waals surface area contributed by atoms with Crippen LogP contribution in [0.4, 0.5) is 10.1 Å². The fraction of sp³-hybridized carbons (Fsp3) is 0.0667. The van der Waals surface area contributed by atoms with Crippen LogP contribution in [0.25, 0.3) is 10.4 Å². The molecule has 0 amide bonds. The van der Waals surface area contributed by atoms with Crippen molar-refractivity contribution in [3.05, 3.63) is 63.9 Å². The summed E-state index contributed by atoms with van der Waals surface area (Å²) >= 11 is 3.21. The summed E-state index contributed by atoms with van der Waals surface area (Å²) in [5.74, 6) is -0.165. The molecule has 1 aromatic carbocycles. The molecule has 0 aliphatic carbocycles. The van der Waals surface area contributed by atoms with E-state index in [4.69, 9.17) is 0 Å². The van der Waals surface area contributed by atoms with E-state index in [-0.39, 0.29) is 5.82 Å². The minimum Gasteiger partial charge on any atom is -0.380 e. The summed E-state index contributed by atoms with van der Waals surface area (Å²) in [5, 5.41) is 9.38. The van der Waals surface area contributed by atoms with Gasteiger partial charge in [-0.2, -0.15) is 11.3 Å². The third kappa shape index (κ3) is 2.85. The Hall–Kier alpha value is -1.65. The van der Waals surface area contributed by atoms with Gasteiger partial charge in [-0.15, -0.1) is 11.3 Å². The number of rotatable bonds is 4. The van der Waals surface area contributed by atoms with E-state index in [0.29, 0.717) is 12.1 Å². The van der Waals surface area contributed by atoms with Gasteiger partial charge in [-0.3, -0.25) is 0 Å². The molecule has 0 bridgehead atoms. The molecule has 0 fully saturated rings. The minimum absolute atomic E-state index is 0.165. The fourth-order valence-corrected chi connectivity index (χ4v) is 3.23. The van der Waals surface area contributed by atoms with Gasteiger partial charge in [0.2, 0.25) is 0 Å². The first-order valence-corrected chi connectivity index (χ1v) is 7.73. The lowest BCUT2D eigenvalue weighted by Gasteiger charge is -2.07. The largest absolute Gasteiger partial charge is 0.380 e. The van der Waals surface area contributed by atoms with E-state index < -0.39 is 0 Å². The Kier molecular flexibility index (Phi) is 3.62. The molecule has 3 aromatic rings. The topological polar surface area (TPSA) is 12.0 Å². The van der Waals surface area contributed by atoms with Gasteiger partial charge in [-0.05, 0) is 40.6 Å². The van der Waals surface area contributed by atoms with E-state index in [1.54, 1.807) is 28.7 Å². The van der Waals surface area contributed by atoms with Crippen molar-refractivity contribution in [2.75, 3.05) is 5.32 Å². The predicted molar refractivity (Wildman–Crippen MR) is 81.4 cm³/mol. The Morgan fingerprint density at radius 2 is 2.05 bits per heavy atom. The van der Waals surface area contributed by atoms with Crippen LogP contribution in [0.15, 0.2) is 52.5 Å². The second-order valence-corrected chi connectivity index (χ2v) is 5.88. The van der Waals surface area contributed by atoms with Crippen LogP contribution in [-0.4, -0.2) is 0 Å². The molecule has 96 valence electrons. The highest BCUT2D eigenvalue weighted by atomic mass is 32.1. The summed E-state index contributed by atoms with van der Waals surface area (Å²) in [6.45, 7) is 0.704. The molecule has 0 spiro atoms. The van der Waals surface area contributed by atoms with Crippen LogP contribution >= 0.6 is 22.7 Å². The minimum atomic E-state index is -0.165. The fourth-order valence-electron chi connectivity index (χ4n) is 1.87. The molecule has 0 saturated carbocycles. The van der Waals surface area contributed by atoms with Crippen molar-refractivity contribution in [3.63, 3.8) is 0 Å². The molecule has 4 heteroatoms. The Bertz CT molecular complexity index is 645. The van der Waals surface area contributed by atoms with Crippen LogP contribution in [0.3, 0.4) is 0 Å². The molecule has 2 aromatic heterocycles. The Balaban J connectivity index is 1.81. The number of nitrogens with one attached hydrogen (secondary N) is 1. The number of thiophene rings is 2. The average molecular weight is 289 g/mol. The van der Waals surface area contributed by atoms with Gasteiger partial charge in [0.05, 0.1) is 0 Å². The quantitative estimate of drug-likeness (QED) is 0.693. The van der Waals surface area contributed by atoms with Gasteiger partial charge < -0.3 is 5.32 Å². The zero-order valence-electron chi connectivity index (χ0n) is 10.1. The van der Waals surface area contributed by atoms with Crippen LogP contribution in [0, 0.1) is 5.82 Å². The first-order valence-electron chi connectivity index (χ1n) is 5.91. The van der Waals surface area contributed by atoms with Crippen molar-refractivity contribution in [2.24, 2.45) is 0 Å². The van der Waals surface area contributed by atoms with Crippen molar-refractivity contribution in [2.45, 2.75) is 6.54 Å². The van der Waals surface area contributed by atoms with E-state index in [2.05, 4.69) is 10.7 Å². The zero-order chi connectivity index (χ0) is 13.1. The monoisotopic (exact) mass is 289 g/mol. The average Bonchev–Trinajstić information content (AvgIpc) is 3.11. The first kappa shape index (κ1) is 12.4. The summed E-state index contributed by atoms with van der Waals surface area (Å²) < 4.78 is 13.8. The van der Waals surface area contributed by atoms with Gasteiger partial charge in [0.1, 0.15) is 5.82 Å². The Morgan fingerprint density at radius 1 is 1.11 bits per heavy atom. The van der Waals surface area contributed by atoms with Gasteiger partial charge in [0.15, 0.2) is 0 Å². The smallest absolute Gasteiger partial charge is 0.131 e. The Morgan fingerprint density at radius 3 is 2.79 bits per heavy atom. The van der Waals surface area contributed by atoms with Gasteiger partial charge in [-0.1, -0.05) is 12.1 Å². The maximum absolute atomic E-state index is 13.8. The highest BCUT2D eigenvalue weighted by Crippen LogP contribution is 2.28. The van der Waals surface area contributed by atoms with E-state index >= 15 is 0 Å². The predicted octanol–water partition coefficient (Wildman–Crippen LogP) is 5.23. The number of benzene rings is 1. The maximum Gasteiger partial charge on any atom is 0.131 e. The summed E-state index contributed by atoms with van der Waals surface area (Å²) in [6, 6.07) is 11.2. The van der Waals surface area contributed by atoms with Crippen molar-refractivity contribution in [1.82, 2.24) is 0 Å². The van der Waals surface area contributed by atoms with E-state index in [9.17, 15) is 4.39 Å². The second kappa shape index (κ2) is 5.55. The molecule has 0 aliphatic heterocycles. The molecule has 3 rings (SSSR count). The van der Waals surface area contributed by atoms with Crippen LogP contribution < -0.4 is 5.32 Å². The maximum atomic E-state index is 13.8. The van der Waals surface area contributed by atoms with Crippen molar-refractivity contribution >= 4 is 28.4 Å². The summed E-state index contributed by atoms with van der Waals surface area (Å²) in [6.07, 6.45) is 0. The van der Waals surface area contributed by atoms with Gasteiger partial charge in [-0.25, -0.2) is 4.39 Å². The summed E-state index contributed by atoms with van der Waals surface area (Å²) in [4.78, 5) is 0.967. The molecule has 0 saturated heterocycles. The van der Waals surface area contributed by atoms with Crippen LogP contribution in [0.1, 0.15) is 5.56 Å². The lowest BCUT2D eigenvalue weighted by atomic mass is 10.1. The normalized spacial score (nSPS) is 10.6. The highest BCUT2D eigenvalue weighted by Gasteiger charge is 2.07. The van der Waals surface area contributed by atoms with Gasteiger partial charge >= 0.3 is 0 Å². The molecule has 0 radical (unpaired) electrons. The third-order valence-electron chi connectivity index (χ3n) is 2.84. The highest BCUT2D eigenvalue weighted by molar-refractivity contribution is 7.13.